The maximum absolute atomic E-state index is 13.7. The van der Waals surface area contributed by atoms with Crippen LogP contribution < -0.4 is 0 Å². The van der Waals surface area contributed by atoms with E-state index in [4.69, 9.17) is 0 Å². The summed E-state index contributed by atoms with van der Waals surface area (Å²) < 4.78 is 15.5. The van der Waals surface area contributed by atoms with Gasteiger partial charge in [-0.25, -0.2) is 4.39 Å². The first-order valence-corrected chi connectivity index (χ1v) is 8.00. The second-order valence-corrected chi connectivity index (χ2v) is 5.94. The Morgan fingerprint density at radius 3 is 2.65 bits per heavy atom. The number of nitrogens with zero attached hydrogens (tertiary/aromatic N) is 4. The molecule has 0 aliphatic rings. The average molecular weight is 330 g/mol. The number of benzene rings is 1. The second kappa shape index (κ2) is 6.89. The van der Waals surface area contributed by atoms with Gasteiger partial charge in [0.25, 0.3) is 0 Å². The van der Waals surface area contributed by atoms with E-state index in [1.165, 1.54) is 17.8 Å². The molecule has 2 aromatic heterocycles. The van der Waals surface area contributed by atoms with Crippen LogP contribution in [-0.2, 0) is 7.05 Å². The summed E-state index contributed by atoms with van der Waals surface area (Å²) in [5.74, 6) is 0.606. The Morgan fingerprint density at radius 1 is 1.17 bits per heavy atom. The van der Waals surface area contributed by atoms with Crippen molar-refractivity contribution in [1.29, 1.82) is 0 Å². The number of rotatable bonds is 5. The average Bonchev–Trinajstić information content (AvgIpc) is 2.94. The minimum atomic E-state index is -0.901. The van der Waals surface area contributed by atoms with Gasteiger partial charge in [0.15, 0.2) is 11.0 Å². The SMILES string of the molecule is Cn1c(SCC(O)c2ccccc2F)nnc1-c1ccncc1. The van der Waals surface area contributed by atoms with Gasteiger partial charge in [-0.05, 0) is 18.2 Å². The van der Waals surface area contributed by atoms with Crippen LogP contribution in [-0.4, -0.2) is 30.6 Å². The lowest BCUT2D eigenvalue weighted by atomic mass is 10.1. The van der Waals surface area contributed by atoms with E-state index in [0.717, 1.165) is 11.4 Å². The highest BCUT2D eigenvalue weighted by Gasteiger charge is 2.16. The summed E-state index contributed by atoms with van der Waals surface area (Å²) in [7, 11) is 1.85. The fourth-order valence-electron chi connectivity index (χ4n) is 2.18. The zero-order valence-corrected chi connectivity index (χ0v) is 13.2. The predicted octanol–water partition coefficient (Wildman–Crippen LogP) is 2.84. The van der Waals surface area contributed by atoms with Crippen molar-refractivity contribution in [3.8, 4) is 11.4 Å². The molecule has 0 saturated carbocycles. The van der Waals surface area contributed by atoms with Gasteiger partial charge in [0.1, 0.15) is 5.82 Å². The van der Waals surface area contributed by atoms with Crippen molar-refractivity contribution < 1.29 is 9.50 Å². The molecule has 7 heteroatoms. The molecule has 1 N–H and O–H groups in total. The molecule has 0 fully saturated rings. The molecule has 5 nitrogen and oxygen atoms in total. The number of aliphatic hydroxyl groups excluding tert-OH is 1. The van der Waals surface area contributed by atoms with E-state index in [9.17, 15) is 9.50 Å². The van der Waals surface area contributed by atoms with Crippen molar-refractivity contribution in [3.63, 3.8) is 0 Å². The summed E-state index contributed by atoms with van der Waals surface area (Å²) in [5.41, 5.74) is 1.20. The lowest BCUT2D eigenvalue weighted by Gasteiger charge is -2.11. The molecule has 3 aromatic rings. The molecule has 23 heavy (non-hydrogen) atoms. The van der Waals surface area contributed by atoms with Gasteiger partial charge in [-0.15, -0.1) is 10.2 Å². The summed E-state index contributed by atoms with van der Waals surface area (Å²) in [4.78, 5) is 3.98. The minimum Gasteiger partial charge on any atom is -0.387 e. The normalized spacial score (nSPS) is 12.3. The summed E-state index contributed by atoms with van der Waals surface area (Å²) in [6.45, 7) is 0. The van der Waals surface area contributed by atoms with Crippen LogP contribution in [0.3, 0.4) is 0 Å². The molecule has 118 valence electrons. The van der Waals surface area contributed by atoms with Crippen LogP contribution >= 0.6 is 11.8 Å². The van der Waals surface area contributed by atoms with Crippen LogP contribution in [0, 0.1) is 5.82 Å². The lowest BCUT2D eigenvalue weighted by molar-refractivity contribution is 0.199. The first-order valence-electron chi connectivity index (χ1n) is 7.02. The van der Waals surface area contributed by atoms with Crippen molar-refractivity contribution in [2.75, 3.05) is 5.75 Å². The Morgan fingerprint density at radius 2 is 1.91 bits per heavy atom. The van der Waals surface area contributed by atoms with Gasteiger partial charge in [-0.1, -0.05) is 30.0 Å². The number of thioether (sulfide) groups is 1. The highest BCUT2D eigenvalue weighted by molar-refractivity contribution is 7.99. The second-order valence-electron chi connectivity index (χ2n) is 4.95. The Bertz CT molecular complexity index is 794. The molecular formula is C16H15FN4OS. The smallest absolute Gasteiger partial charge is 0.191 e. The highest BCUT2D eigenvalue weighted by Crippen LogP contribution is 2.27. The molecule has 3 rings (SSSR count). The van der Waals surface area contributed by atoms with Crippen molar-refractivity contribution in [1.82, 2.24) is 19.7 Å². The summed E-state index contributed by atoms with van der Waals surface area (Å²) >= 11 is 1.33. The lowest BCUT2D eigenvalue weighted by Crippen LogP contribution is -2.04. The number of hydrogen-bond donors (Lipinski definition) is 1. The van der Waals surface area contributed by atoms with Crippen LogP contribution in [0.15, 0.2) is 53.9 Å². The van der Waals surface area contributed by atoms with Gasteiger partial charge in [0.2, 0.25) is 0 Å². The number of halogens is 1. The van der Waals surface area contributed by atoms with E-state index in [-0.39, 0.29) is 5.56 Å². The highest BCUT2D eigenvalue weighted by atomic mass is 32.2. The minimum absolute atomic E-state index is 0.288. The van der Waals surface area contributed by atoms with Crippen molar-refractivity contribution >= 4 is 11.8 Å². The van der Waals surface area contributed by atoms with Crippen LogP contribution in [0.2, 0.25) is 0 Å². The van der Waals surface area contributed by atoms with Crippen LogP contribution in [0.1, 0.15) is 11.7 Å². The van der Waals surface area contributed by atoms with E-state index in [1.54, 1.807) is 30.6 Å². The maximum atomic E-state index is 13.7. The Hall–Kier alpha value is -2.25. The summed E-state index contributed by atoms with van der Waals surface area (Å²) in [5, 5.41) is 19.1. The zero-order valence-electron chi connectivity index (χ0n) is 12.4. The predicted molar refractivity (Wildman–Crippen MR) is 86.3 cm³/mol. The van der Waals surface area contributed by atoms with E-state index in [1.807, 2.05) is 23.7 Å². The Balaban J connectivity index is 1.72. The Kier molecular flexibility index (Phi) is 4.68. The zero-order chi connectivity index (χ0) is 16.2. The van der Waals surface area contributed by atoms with E-state index in [0.29, 0.717) is 10.9 Å². The van der Waals surface area contributed by atoms with Gasteiger partial charge in [0, 0.05) is 36.3 Å². The number of hydrogen-bond acceptors (Lipinski definition) is 5. The van der Waals surface area contributed by atoms with Crippen LogP contribution in [0.25, 0.3) is 11.4 Å². The monoisotopic (exact) mass is 330 g/mol. The van der Waals surface area contributed by atoms with Crippen molar-refractivity contribution in [3.05, 3.63) is 60.2 Å². The molecule has 0 saturated heterocycles. The van der Waals surface area contributed by atoms with E-state index >= 15 is 0 Å². The van der Waals surface area contributed by atoms with Crippen LogP contribution in [0.5, 0.6) is 0 Å². The molecule has 1 unspecified atom stereocenters. The first-order chi connectivity index (χ1) is 11.2. The molecular weight excluding hydrogens is 315 g/mol. The van der Waals surface area contributed by atoms with E-state index < -0.39 is 11.9 Å². The Labute approximate surface area is 137 Å². The van der Waals surface area contributed by atoms with E-state index in [2.05, 4.69) is 15.2 Å². The van der Waals surface area contributed by atoms with Gasteiger partial charge in [-0.2, -0.15) is 0 Å². The fraction of sp³-hybridized carbons (Fsp3) is 0.188. The number of pyridine rings is 1. The third-order valence-electron chi connectivity index (χ3n) is 3.41. The summed E-state index contributed by atoms with van der Waals surface area (Å²) in [6, 6.07) is 9.94. The summed E-state index contributed by atoms with van der Waals surface area (Å²) in [6.07, 6.45) is 2.49. The van der Waals surface area contributed by atoms with Crippen molar-refractivity contribution in [2.24, 2.45) is 7.05 Å². The molecule has 0 aliphatic carbocycles. The standard InChI is InChI=1S/C16H15FN4OS/c1-21-15(11-6-8-18-9-7-11)19-20-16(21)23-10-14(22)12-4-2-3-5-13(12)17/h2-9,14,22H,10H2,1H3. The topological polar surface area (TPSA) is 63.8 Å². The molecule has 1 aromatic carbocycles. The molecule has 0 amide bonds. The quantitative estimate of drug-likeness (QED) is 0.729. The van der Waals surface area contributed by atoms with Gasteiger partial charge < -0.3 is 9.67 Å². The largest absolute Gasteiger partial charge is 0.387 e. The molecule has 0 spiro atoms. The van der Waals surface area contributed by atoms with Gasteiger partial charge in [0.05, 0.1) is 6.10 Å². The van der Waals surface area contributed by atoms with Crippen molar-refractivity contribution in [2.45, 2.75) is 11.3 Å². The fourth-order valence-corrected chi connectivity index (χ4v) is 3.05. The van der Waals surface area contributed by atoms with Gasteiger partial charge in [-0.3, -0.25) is 4.98 Å². The number of aliphatic hydroxyl groups is 1. The molecule has 0 aliphatic heterocycles. The molecule has 2 heterocycles. The first kappa shape index (κ1) is 15.6. The van der Waals surface area contributed by atoms with Crippen LogP contribution in [0.4, 0.5) is 4.39 Å². The third-order valence-corrected chi connectivity index (χ3v) is 4.50. The molecule has 0 bridgehead atoms. The maximum Gasteiger partial charge on any atom is 0.191 e. The molecule has 0 radical (unpaired) electrons. The van der Waals surface area contributed by atoms with Gasteiger partial charge >= 0.3 is 0 Å². The third kappa shape index (κ3) is 3.40. The number of aromatic nitrogens is 4. The molecule has 1 atom stereocenters.